The van der Waals surface area contributed by atoms with Gasteiger partial charge in [0.25, 0.3) is 0 Å². The van der Waals surface area contributed by atoms with Gasteiger partial charge in [0, 0.05) is 23.2 Å². The predicted octanol–water partition coefficient (Wildman–Crippen LogP) is 4.12. The average molecular weight is 285 g/mol. The lowest BCUT2D eigenvalue weighted by atomic mass is 10.0. The highest BCUT2D eigenvalue weighted by atomic mass is 16.5. The first-order chi connectivity index (χ1) is 10.2. The fourth-order valence-electron chi connectivity index (χ4n) is 2.60. The third-order valence-electron chi connectivity index (χ3n) is 3.71. The van der Waals surface area contributed by atoms with E-state index in [1.807, 2.05) is 36.4 Å². The largest absolute Gasteiger partial charge is 0.496 e. The maximum absolute atomic E-state index is 5.43. The number of hydrogen-bond donors (Lipinski definition) is 1. The summed E-state index contributed by atoms with van der Waals surface area (Å²) in [5, 5.41) is 3.60. The maximum Gasteiger partial charge on any atom is 0.123 e. The minimum atomic E-state index is 0.182. The van der Waals surface area contributed by atoms with Gasteiger partial charge in [0.15, 0.2) is 0 Å². The van der Waals surface area contributed by atoms with Crippen molar-refractivity contribution in [2.24, 2.45) is 0 Å². The molecule has 0 fully saturated rings. The van der Waals surface area contributed by atoms with Gasteiger partial charge in [-0.2, -0.15) is 0 Å². The summed E-state index contributed by atoms with van der Waals surface area (Å²) in [6, 6.07) is 16.5. The lowest BCUT2D eigenvalue weighted by Gasteiger charge is -2.23. The van der Waals surface area contributed by atoms with Crippen LogP contribution in [0.25, 0.3) is 0 Å². The average Bonchev–Trinajstić information content (AvgIpc) is 2.54. The van der Waals surface area contributed by atoms with Crippen LogP contribution in [0, 0.1) is 0 Å². The fourth-order valence-corrected chi connectivity index (χ4v) is 2.60. The summed E-state index contributed by atoms with van der Waals surface area (Å²) in [5.74, 6) is 1.81. The van der Waals surface area contributed by atoms with Crippen LogP contribution in [0.15, 0.2) is 48.5 Å². The van der Waals surface area contributed by atoms with Gasteiger partial charge in [-0.25, -0.2) is 0 Å². The van der Waals surface area contributed by atoms with Gasteiger partial charge < -0.3 is 14.8 Å². The van der Waals surface area contributed by atoms with Crippen LogP contribution in [0.3, 0.4) is 0 Å². The summed E-state index contributed by atoms with van der Waals surface area (Å²) < 4.78 is 10.9. The number of para-hydroxylation sites is 2. The molecule has 2 unspecified atom stereocenters. The zero-order valence-corrected chi connectivity index (χ0v) is 13.1. The van der Waals surface area contributed by atoms with Crippen LogP contribution < -0.4 is 14.8 Å². The lowest BCUT2D eigenvalue weighted by Crippen LogP contribution is -2.23. The van der Waals surface area contributed by atoms with Crippen LogP contribution in [-0.2, 0) is 0 Å². The predicted molar refractivity (Wildman–Crippen MR) is 86.0 cm³/mol. The van der Waals surface area contributed by atoms with Crippen molar-refractivity contribution in [2.75, 3.05) is 14.2 Å². The van der Waals surface area contributed by atoms with E-state index in [9.17, 15) is 0 Å². The summed E-state index contributed by atoms with van der Waals surface area (Å²) in [5.41, 5.74) is 2.31. The van der Waals surface area contributed by atoms with Crippen molar-refractivity contribution in [3.8, 4) is 11.5 Å². The number of nitrogens with one attached hydrogen (secondary N) is 1. The second-order valence-electron chi connectivity index (χ2n) is 5.09. The molecule has 0 aliphatic carbocycles. The molecule has 0 amide bonds. The van der Waals surface area contributed by atoms with Crippen molar-refractivity contribution >= 4 is 0 Å². The van der Waals surface area contributed by atoms with Crippen molar-refractivity contribution in [1.82, 2.24) is 5.32 Å². The van der Waals surface area contributed by atoms with Crippen molar-refractivity contribution in [3.63, 3.8) is 0 Å². The molecule has 2 aromatic carbocycles. The van der Waals surface area contributed by atoms with Gasteiger partial charge in [0.2, 0.25) is 0 Å². The molecule has 0 saturated carbocycles. The van der Waals surface area contributed by atoms with Crippen molar-refractivity contribution in [1.29, 1.82) is 0 Å². The molecule has 3 heteroatoms. The molecule has 0 radical (unpaired) electrons. The maximum atomic E-state index is 5.43. The minimum absolute atomic E-state index is 0.182. The van der Waals surface area contributed by atoms with Gasteiger partial charge in [0.1, 0.15) is 11.5 Å². The highest BCUT2D eigenvalue weighted by Crippen LogP contribution is 2.29. The van der Waals surface area contributed by atoms with E-state index in [1.54, 1.807) is 14.2 Å². The van der Waals surface area contributed by atoms with Crippen LogP contribution in [0.1, 0.15) is 37.1 Å². The van der Waals surface area contributed by atoms with Crippen molar-refractivity contribution in [2.45, 2.75) is 25.9 Å². The van der Waals surface area contributed by atoms with Gasteiger partial charge in [-0.15, -0.1) is 0 Å². The Morgan fingerprint density at radius 2 is 1.10 bits per heavy atom. The summed E-state index contributed by atoms with van der Waals surface area (Å²) in [6.07, 6.45) is 0. The Morgan fingerprint density at radius 1 is 0.714 bits per heavy atom. The molecule has 2 rings (SSSR count). The van der Waals surface area contributed by atoms with Crippen LogP contribution in [0.2, 0.25) is 0 Å². The van der Waals surface area contributed by atoms with E-state index < -0.39 is 0 Å². The van der Waals surface area contributed by atoms with Gasteiger partial charge in [-0.1, -0.05) is 36.4 Å². The molecule has 0 saturated heterocycles. The molecular weight excluding hydrogens is 262 g/mol. The Hall–Kier alpha value is -2.00. The second kappa shape index (κ2) is 7.14. The third-order valence-corrected chi connectivity index (χ3v) is 3.71. The number of rotatable bonds is 6. The van der Waals surface area contributed by atoms with Crippen molar-refractivity contribution < 1.29 is 9.47 Å². The summed E-state index contributed by atoms with van der Waals surface area (Å²) in [4.78, 5) is 0. The fraction of sp³-hybridized carbons (Fsp3) is 0.333. The first-order valence-electron chi connectivity index (χ1n) is 7.19. The van der Waals surface area contributed by atoms with E-state index >= 15 is 0 Å². The second-order valence-corrected chi connectivity index (χ2v) is 5.09. The SMILES string of the molecule is COc1ccccc1C(C)NC(C)c1ccccc1OC. The number of methoxy groups -OCH3 is 2. The smallest absolute Gasteiger partial charge is 0.123 e. The van der Waals surface area contributed by atoms with Crippen molar-refractivity contribution in [3.05, 3.63) is 59.7 Å². The minimum Gasteiger partial charge on any atom is -0.496 e. The normalized spacial score (nSPS) is 13.5. The first-order valence-corrected chi connectivity index (χ1v) is 7.19. The van der Waals surface area contributed by atoms with E-state index in [2.05, 4.69) is 31.3 Å². The molecule has 0 aromatic heterocycles. The highest BCUT2D eigenvalue weighted by Gasteiger charge is 2.16. The lowest BCUT2D eigenvalue weighted by molar-refractivity contribution is 0.386. The summed E-state index contributed by atoms with van der Waals surface area (Å²) in [7, 11) is 3.41. The van der Waals surface area contributed by atoms with Gasteiger partial charge >= 0.3 is 0 Å². The summed E-state index contributed by atoms with van der Waals surface area (Å²) in [6.45, 7) is 4.29. The number of benzene rings is 2. The zero-order chi connectivity index (χ0) is 15.2. The number of ether oxygens (including phenoxy) is 2. The molecule has 0 bridgehead atoms. The molecule has 1 N–H and O–H groups in total. The molecule has 2 aromatic rings. The van der Waals surface area contributed by atoms with Crippen LogP contribution >= 0.6 is 0 Å². The molecule has 2 atom stereocenters. The van der Waals surface area contributed by atoms with E-state index in [1.165, 1.54) is 0 Å². The molecule has 0 aliphatic rings. The van der Waals surface area contributed by atoms with Crippen LogP contribution in [-0.4, -0.2) is 14.2 Å². The number of hydrogen-bond acceptors (Lipinski definition) is 3. The molecule has 0 spiro atoms. The third kappa shape index (κ3) is 3.56. The van der Waals surface area contributed by atoms with Crippen LogP contribution in [0.4, 0.5) is 0 Å². The van der Waals surface area contributed by atoms with E-state index in [-0.39, 0.29) is 12.1 Å². The molecule has 21 heavy (non-hydrogen) atoms. The van der Waals surface area contributed by atoms with Gasteiger partial charge in [0.05, 0.1) is 14.2 Å². The topological polar surface area (TPSA) is 30.5 Å². The molecule has 0 heterocycles. The Bertz CT molecular complexity index is 531. The van der Waals surface area contributed by atoms with Crippen LogP contribution in [0.5, 0.6) is 11.5 Å². The summed E-state index contributed by atoms with van der Waals surface area (Å²) >= 11 is 0. The monoisotopic (exact) mass is 285 g/mol. The molecule has 3 nitrogen and oxygen atoms in total. The van der Waals surface area contributed by atoms with E-state index in [0.717, 1.165) is 22.6 Å². The Kier molecular flexibility index (Phi) is 5.23. The molecular formula is C18H23NO2. The zero-order valence-electron chi connectivity index (χ0n) is 13.1. The standard InChI is InChI=1S/C18H23NO2/c1-13(15-9-5-7-11-17(15)20-3)19-14(2)16-10-6-8-12-18(16)21-4/h5-14,19H,1-4H3. The Morgan fingerprint density at radius 3 is 1.48 bits per heavy atom. The van der Waals surface area contributed by atoms with E-state index in [4.69, 9.17) is 9.47 Å². The first kappa shape index (κ1) is 15.4. The van der Waals surface area contributed by atoms with Gasteiger partial charge in [-0.3, -0.25) is 0 Å². The Labute approximate surface area is 126 Å². The Balaban J connectivity index is 2.17. The van der Waals surface area contributed by atoms with E-state index in [0.29, 0.717) is 0 Å². The van der Waals surface area contributed by atoms with Gasteiger partial charge in [-0.05, 0) is 26.0 Å². The molecule has 112 valence electrons. The highest BCUT2D eigenvalue weighted by molar-refractivity contribution is 5.38. The quantitative estimate of drug-likeness (QED) is 0.866. The molecule has 0 aliphatic heterocycles.